The summed E-state index contributed by atoms with van der Waals surface area (Å²) in [5.74, 6) is 1.37. The Morgan fingerprint density at radius 3 is 2.54 bits per heavy atom. The standard InChI is InChI=1S/C19H25F2N3O2/c1-12(2)9-19(3,22)11-26-17-10-24-14(8-16(17)25-4)13-5-6-23-15(7-13)18(20)21/h5-8,10,12,18H,9,11,22H2,1-4H3/t19-/m0/s1. The number of ether oxygens (including phenoxy) is 2. The average Bonchev–Trinajstić information content (AvgIpc) is 2.59. The molecular formula is C19H25F2N3O2. The van der Waals surface area contributed by atoms with Crippen LogP contribution in [0.25, 0.3) is 11.3 Å². The van der Waals surface area contributed by atoms with Crippen molar-refractivity contribution in [2.45, 2.75) is 39.2 Å². The van der Waals surface area contributed by atoms with Gasteiger partial charge in [-0.3, -0.25) is 9.97 Å². The second kappa shape index (κ2) is 8.40. The second-order valence-electron chi connectivity index (χ2n) is 7.03. The molecule has 0 saturated carbocycles. The third-order valence-electron chi connectivity index (χ3n) is 3.78. The predicted molar refractivity (Wildman–Crippen MR) is 96.5 cm³/mol. The molecule has 0 aromatic carbocycles. The number of nitrogens with two attached hydrogens (primary N) is 1. The van der Waals surface area contributed by atoms with Gasteiger partial charge in [0.25, 0.3) is 6.43 Å². The molecule has 0 radical (unpaired) electrons. The number of methoxy groups -OCH3 is 1. The molecule has 142 valence electrons. The predicted octanol–water partition coefficient (Wildman–Crippen LogP) is 4.23. The molecule has 7 heteroatoms. The van der Waals surface area contributed by atoms with Gasteiger partial charge in [-0.1, -0.05) is 13.8 Å². The zero-order chi connectivity index (χ0) is 19.3. The fraction of sp³-hybridized carbons (Fsp3) is 0.474. The van der Waals surface area contributed by atoms with Gasteiger partial charge in [0, 0.05) is 23.4 Å². The zero-order valence-electron chi connectivity index (χ0n) is 15.5. The van der Waals surface area contributed by atoms with Gasteiger partial charge in [0.2, 0.25) is 0 Å². The third-order valence-corrected chi connectivity index (χ3v) is 3.78. The Balaban J connectivity index is 2.21. The van der Waals surface area contributed by atoms with Crippen molar-refractivity contribution in [1.82, 2.24) is 9.97 Å². The first kappa shape index (κ1) is 20.0. The number of alkyl halides is 2. The van der Waals surface area contributed by atoms with Crippen LogP contribution in [0.3, 0.4) is 0 Å². The van der Waals surface area contributed by atoms with Crippen LogP contribution in [0.5, 0.6) is 11.5 Å². The quantitative estimate of drug-likeness (QED) is 0.758. The Labute approximate surface area is 152 Å². The zero-order valence-corrected chi connectivity index (χ0v) is 15.5. The number of pyridine rings is 2. The molecule has 0 aliphatic carbocycles. The molecule has 2 heterocycles. The van der Waals surface area contributed by atoms with E-state index in [2.05, 4.69) is 23.8 Å². The van der Waals surface area contributed by atoms with E-state index < -0.39 is 12.0 Å². The van der Waals surface area contributed by atoms with Gasteiger partial charge >= 0.3 is 0 Å². The van der Waals surface area contributed by atoms with E-state index in [9.17, 15) is 8.78 Å². The fourth-order valence-corrected chi connectivity index (χ4v) is 2.81. The highest BCUT2D eigenvalue weighted by molar-refractivity contribution is 5.62. The molecule has 0 unspecified atom stereocenters. The van der Waals surface area contributed by atoms with Crippen molar-refractivity contribution in [3.8, 4) is 22.8 Å². The van der Waals surface area contributed by atoms with Crippen molar-refractivity contribution in [3.63, 3.8) is 0 Å². The Kier molecular flexibility index (Phi) is 6.47. The van der Waals surface area contributed by atoms with Gasteiger partial charge < -0.3 is 15.2 Å². The summed E-state index contributed by atoms with van der Waals surface area (Å²) in [6, 6.07) is 4.58. The topological polar surface area (TPSA) is 70.3 Å². The maximum absolute atomic E-state index is 12.8. The minimum Gasteiger partial charge on any atom is -0.493 e. The highest BCUT2D eigenvalue weighted by Crippen LogP contribution is 2.32. The van der Waals surface area contributed by atoms with Crippen LogP contribution in [0, 0.1) is 5.92 Å². The molecule has 1 atom stereocenters. The summed E-state index contributed by atoms with van der Waals surface area (Å²) < 4.78 is 36.8. The molecule has 0 aliphatic heterocycles. The van der Waals surface area contributed by atoms with E-state index >= 15 is 0 Å². The first-order chi connectivity index (χ1) is 12.2. The van der Waals surface area contributed by atoms with Crippen LogP contribution < -0.4 is 15.2 Å². The first-order valence-corrected chi connectivity index (χ1v) is 8.42. The van der Waals surface area contributed by atoms with Crippen molar-refractivity contribution in [3.05, 3.63) is 36.3 Å². The van der Waals surface area contributed by atoms with E-state index in [4.69, 9.17) is 15.2 Å². The molecule has 0 amide bonds. The monoisotopic (exact) mass is 365 g/mol. The Morgan fingerprint density at radius 1 is 1.19 bits per heavy atom. The van der Waals surface area contributed by atoms with Crippen LogP contribution in [0.2, 0.25) is 0 Å². The summed E-state index contributed by atoms with van der Waals surface area (Å²) in [6.45, 7) is 6.45. The minimum atomic E-state index is -2.64. The molecule has 0 bridgehead atoms. The summed E-state index contributed by atoms with van der Waals surface area (Å²) >= 11 is 0. The van der Waals surface area contributed by atoms with Gasteiger partial charge in [-0.2, -0.15) is 0 Å². The molecule has 0 aliphatic rings. The summed E-state index contributed by atoms with van der Waals surface area (Å²) in [5.41, 5.74) is 6.51. The van der Waals surface area contributed by atoms with E-state index in [0.717, 1.165) is 6.42 Å². The molecule has 5 nitrogen and oxygen atoms in total. The van der Waals surface area contributed by atoms with Gasteiger partial charge in [-0.25, -0.2) is 8.78 Å². The molecular weight excluding hydrogens is 340 g/mol. The molecule has 2 aromatic rings. The lowest BCUT2D eigenvalue weighted by Crippen LogP contribution is -2.43. The van der Waals surface area contributed by atoms with Crippen LogP contribution in [-0.2, 0) is 0 Å². The van der Waals surface area contributed by atoms with Crippen LogP contribution in [0.1, 0.15) is 39.3 Å². The Hall–Kier alpha value is -2.28. The summed E-state index contributed by atoms with van der Waals surface area (Å²) in [6.07, 6.45) is 1.03. The lowest BCUT2D eigenvalue weighted by atomic mass is 9.93. The largest absolute Gasteiger partial charge is 0.493 e. The molecule has 26 heavy (non-hydrogen) atoms. The van der Waals surface area contributed by atoms with Gasteiger partial charge in [0.15, 0.2) is 11.5 Å². The Bertz CT molecular complexity index is 736. The number of nitrogens with zero attached hydrogens (tertiary/aromatic N) is 2. The second-order valence-corrected chi connectivity index (χ2v) is 7.03. The van der Waals surface area contributed by atoms with E-state index in [1.54, 1.807) is 12.1 Å². The lowest BCUT2D eigenvalue weighted by Gasteiger charge is -2.27. The number of aromatic nitrogens is 2. The van der Waals surface area contributed by atoms with E-state index in [-0.39, 0.29) is 5.69 Å². The van der Waals surface area contributed by atoms with Gasteiger partial charge in [0.1, 0.15) is 12.3 Å². The van der Waals surface area contributed by atoms with Crippen LogP contribution >= 0.6 is 0 Å². The van der Waals surface area contributed by atoms with Crippen molar-refractivity contribution in [1.29, 1.82) is 0 Å². The van der Waals surface area contributed by atoms with E-state index in [0.29, 0.717) is 35.3 Å². The Morgan fingerprint density at radius 2 is 1.92 bits per heavy atom. The van der Waals surface area contributed by atoms with Gasteiger partial charge in [0.05, 0.1) is 19.0 Å². The highest BCUT2D eigenvalue weighted by atomic mass is 19.3. The normalized spacial score (nSPS) is 13.7. The molecule has 2 aromatic heterocycles. The summed E-state index contributed by atoms with van der Waals surface area (Å²) in [7, 11) is 1.51. The number of hydrogen-bond acceptors (Lipinski definition) is 5. The van der Waals surface area contributed by atoms with Gasteiger partial charge in [-0.15, -0.1) is 0 Å². The van der Waals surface area contributed by atoms with Crippen molar-refractivity contribution in [2.75, 3.05) is 13.7 Å². The molecule has 0 saturated heterocycles. The number of halogens is 2. The lowest BCUT2D eigenvalue weighted by molar-refractivity contribution is 0.146. The minimum absolute atomic E-state index is 0.295. The van der Waals surface area contributed by atoms with Crippen LogP contribution in [0.15, 0.2) is 30.6 Å². The number of hydrogen-bond donors (Lipinski definition) is 1. The van der Waals surface area contributed by atoms with Crippen molar-refractivity contribution in [2.24, 2.45) is 11.7 Å². The van der Waals surface area contributed by atoms with Gasteiger partial charge in [-0.05, 0) is 31.4 Å². The molecule has 0 spiro atoms. The molecule has 2 N–H and O–H groups in total. The maximum atomic E-state index is 12.8. The highest BCUT2D eigenvalue weighted by Gasteiger charge is 2.22. The van der Waals surface area contributed by atoms with Crippen molar-refractivity contribution < 1.29 is 18.3 Å². The summed E-state index contributed by atoms with van der Waals surface area (Å²) in [5, 5.41) is 0. The molecule has 0 fully saturated rings. The maximum Gasteiger partial charge on any atom is 0.280 e. The van der Waals surface area contributed by atoms with E-state index in [1.807, 2.05) is 6.92 Å². The van der Waals surface area contributed by atoms with Crippen LogP contribution in [0.4, 0.5) is 8.78 Å². The fourth-order valence-electron chi connectivity index (χ4n) is 2.81. The third kappa shape index (κ3) is 5.36. The SMILES string of the molecule is COc1cc(-c2ccnc(C(F)F)c2)ncc1OC[C@@](C)(N)CC(C)C. The van der Waals surface area contributed by atoms with Crippen LogP contribution in [-0.4, -0.2) is 29.2 Å². The molecule has 2 rings (SSSR count). The van der Waals surface area contributed by atoms with E-state index in [1.165, 1.54) is 25.6 Å². The first-order valence-electron chi connectivity index (χ1n) is 8.42. The van der Waals surface area contributed by atoms with Crippen molar-refractivity contribution >= 4 is 0 Å². The summed E-state index contributed by atoms with van der Waals surface area (Å²) in [4.78, 5) is 7.96. The smallest absolute Gasteiger partial charge is 0.280 e. The average molecular weight is 365 g/mol. The number of rotatable bonds is 8.